The van der Waals surface area contributed by atoms with Crippen LogP contribution >= 0.6 is 0 Å². The van der Waals surface area contributed by atoms with Crippen molar-refractivity contribution in [3.05, 3.63) is 32.6 Å². The maximum Gasteiger partial charge on any atom is 0.330 e. The second-order valence-corrected chi connectivity index (χ2v) is 3.84. The van der Waals surface area contributed by atoms with Crippen molar-refractivity contribution >= 4 is 5.97 Å². The molecule has 6 nitrogen and oxygen atoms in total. The van der Waals surface area contributed by atoms with E-state index >= 15 is 0 Å². The van der Waals surface area contributed by atoms with Crippen LogP contribution in [0.5, 0.6) is 0 Å². The van der Waals surface area contributed by atoms with Gasteiger partial charge in [-0.15, -0.1) is 0 Å². The lowest BCUT2D eigenvalue weighted by molar-refractivity contribution is -0.137. The molecule has 1 atom stereocenters. The summed E-state index contributed by atoms with van der Waals surface area (Å²) in [5.74, 6) is -1.38. The van der Waals surface area contributed by atoms with Crippen LogP contribution in [0.15, 0.2) is 15.8 Å². The van der Waals surface area contributed by atoms with Crippen LogP contribution in [0.3, 0.4) is 0 Å². The first kappa shape index (κ1) is 12.2. The second kappa shape index (κ2) is 4.34. The fraction of sp³-hybridized carbons (Fsp3) is 0.500. The largest absolute Gasteiger partial charge is 0.481 e. The number of carboxylic acid groups (broad SMARTS) is 1. The molecule has 0 aliphatic rings. The summed E-state index contributed by atoms with van der Waals surface area (Å²) in [4.78, 5) is 33.7. The predicted octanol–water partition coefficient (Wildman–Crippen LogP) is -0.338. The Morgan fingerprint density at radius 1 is 1.44 bits per heavy atom. The molecule has 1 heterocycles. The molecule has 1 N–H and O–H groups in total. The van der Waals surface area contributed by atoms with E-state index in [1.165, 1.54) is 24.9 Å². The second-order valence-electron chi connectivity index (χ2n) is 3.84. The van der Waals surface area contributed by atoms with E-state index in [1.54, 1.807) is 6.92 Å². The Morgan fingerprint density at radius 3 is 2.50 bits per heavy atom. The van der Waals surface area contributed by atoms with E-state index in [-0.39, 0.29) is 6.42 Å². The lowest BCUT2D eigenvalue weighted by Crippen LogP contribution is -2.39. The first-order chi connectivity index (χ1) is 7.34. The zero-order valence-corrected chi connectivity index (χ0v) is 9.43. The summed E-state index contributed by atoms with van der Waals surface area (Å²) in [7, 11) is 2.90. The Hall–Kier alpha value is -1.85. The van der Waals surface area contributed by atoms with Crippen LogP contribution < -0.4 is 11.2 Å². The van der Waals surface area contributed by atoms with Crippen LogP contribution in [-0.2, 0) is 18.9 Å². The lowest BCUT2D eigenvalue weighted by atomic mass is 10.0. The first-order valence-corrected chi connectivity index (χ1v) is 4.83. The molecule has 0 aliphatic heterocycles. The minimum atomic E-state index is -0.969. The quantitative estimate of drug-likeness (QED) is 0.764. The van der Waals surface area contributed by atoms with Crippen LogP contribution in [0, 0.1) is 0 Å². The van der Waals surface area contributed by atoms with Gasteiger partial charge in [0.1, 0.15) is 0 Å². The Labute approximate surface area is 91.8 Å². The summed E-state index contributed by atoms with van der Waals surface area (Å²) >= 11 is 0. The van der Waals surface area contributed by atoms with E-state index in [4.69, 9.17) is 5.11 Å². The highest BCUT2D eigenvalue weighted by atomic mass is 16.4. The number of hydrogen-bond acceptors (Lipinski definition) is 3. The van der Waals surface area contributed by atoms with E-state index in [2.05, 4.69) is 0 Å². The molecule has 1 rings (SSSR count). The van der Waals surface area contributed by atoms with Gasteiger partial charge in [0.15, 0.2) is 0 Å². The highest BCUT2D eigenvalue weighted by molar-refractivity contribution is 5.67. The molecule has 0 amide bonds. The van der Waals surface area contributed by atoms with Crippen molar-refractivity contribution in [3.8, 4) is 0 Å². The van der Waals surface area contributed by atoms with E-state index < -0.39 is 23.1 Å². The Morgan fingerprint density at radius 2 is 2.00 bits per heavy atom. The molecule has 0 radical (unpaired) electrons. The zero-order chi connectivity index (χ0) is 12.5. The Bertz CT molecular complexity index is 527. The summed E-state index contributed by atoms with van der Waals surface area (Å²) in [5, 5.41) is 8.65. The topological polar surface area (TPSA) is 81.3 Å². The zero-order valence-electron chi connectivity index (χ0n) is 9.43. The average molecular weight is 226 g/mol. The molecule has 0 saturated carbocycles. The van der Waals surface area contributed by atoms with Crippen LogP contribution in [0.2, 0.25) is 0 Å². The van der Waals surface area contributed by atoms with E-state index in [9.17, 15) is 14.4 Å². The molecule has 0 aliphatic carbocycles. The number of aromatic nitrogens is 2. The van der Waals surface area contributed by atoms with Gasteiger partial charge in [0.2, 0.25) is 0 Å². The fourth-order valence-electron chi connectivity index (χ4n) is 1.55. The third-order valence-electron chi connectivity index (χ3n) is 2.48. The third kappa shape index (κ3) is 2.21. The van der Waals surface area contributed by atoms with Crippen LogP contribution in [0.1, 0.15) is 24.8 Å². The molecular weight excluding hydrogens is 212 g/mol. The van der Waals surface area contributed by atoms with Gasteiger partial charge in [-0.3, -0.25) is 14.2 Å². The number of carboxylic acids is 1. The average Bonchev–Trinajstić information content (AvgIpc) is 2.19. The normalized spacial score (nSPS) is 12.4. The van der Waals surface area contributed by atoms with Crippen molar-refractivity contribution < 1.29 is 9.90 Å². The van der Waals surface area contributed by atoms with Crippen molar-refractivity contribution in [2.24, 2.45) is 14.1 Å². The molecule has 88 valence electrons. The smallest absolute Gasteiger partial charge is 0.330 e. The van der Waals surface area contributed by atoms with Gasteiger partial charge in [0.05, 0.1) is 6.42 Å². The van der Waals surface area contributed by atoms with E-state index in [1.807, 2.05) is 0 Å². The van der Waals surface area contributed by atoms with Gasteiger partial charge in [0.25, 0.3) is 5.56 Å². The van der Waals surface area contributed by atoms with Crippen molar-refractivity contribution in [1.29, 1.82) is 0 Å². The van der Waals surface area contributed by atoms with Crippen molar-refractivity contribution in [2.45, 2.75) is 19.3 Å². The summed E-state index contributed by atoms with van der Waals surface area (Å²) in [6.07, 6.45) is 1.27. The van der Waals surface area contributed by atoms with Gasteiger partial charge in [-0.2, -0.15) is 0 Å². The monoisotopic (exact) mass is 226 g/mol. The van der Waals surface area contributed by atoms with Gasteiger partial charge < -0.3 is 9.67 Å². The van der Waals surface area contributed by atoms with E-state index in [0.717, 1.165) is 4.57 Å². The van der Waals surface area contributed by atoms with Gasteiger partial charge in [-0.1, -0.05) is 6.92 Å². The van der Waals surface area contributed by atoms with Gasteiger partial charge in [-0.25, -0.2) is 4.79 Å². The molecule has 1 aromatic rings. The molecule has 0 spiro atoms. The van der Waals surface area contributed by atoms with Gasteiger partial charge in [0, 0.05) is 25.9 Å². The maximum atomic E-state index is 11.7. The molecule has 0 saturated heterocycles. The van der Waals surface area contributed by atoms with Crippen molar-refractivity contribution in [2.75, 3.05) is 0 Å². The summed E-state index contributed by atoms with van der Waals surface area (Å²) in [6, 6.07) is 0. The highest BCUT2D eigenvalue weighted by Crippen LogP contribution is 2.13. The Balaban J connectivity index is 3.31. The first-order valence-electron chi connectivity index (χ1n) is 4.83. The van der Waals surface area contributed by atoms with Crippen LogP contribution in [-0.4, -0.2) is 20.2 Å². The standard InChI is InChI=1S/C10H14N2O4/c1-6(4-8(13)14)7-5-11(2)10(16)12(3)9(7)15/h5-6H,4H2,1-3H3,(H,13,14)/t6-/m1/s1. The lowest BCUT2D eigenvalue weighted by Gasteiger charge is -2.11. The summed E-state index contributed by atoms with van der Waals surface area (Å²) in [5.41, 5.74) is -0.514. The highest BCUT2D eigenvalue weighted by Gasteiger charge is 2.16. The maximum absolute atomic E-state index is 11.7. The third-order valence-corrected chi connectivity index (χ3v) is 2.48. The minimum Gasteiger partial charge on any atom is -0.481 e. The predicted molar refractivity (Wildman–Crippen MR) is 57.6 cm³/mol. The molecule has 0 aromatic carbocycles. The SMILES string of the molecule is C[C@H](CC(=O)O)c1cn(C)c(=O)n(C)c1=O. The number of hydrogen-bond donors (Lipinski definition) is 1. The molecule has 0 bridgehead atoms. The molecule has 16 heavy (non-hydrogen) atoms. The van der Waals surface area contributed by atoms with E-state index in [0.29, 0.717) is 5.56 Å². The van der Waals surface area contributed by atoms with Crippen LogP contribution in [0.25, 0.3) is 0 Å². The van der Waals surface area contributed by atoms with Crippen molar-refractivity contribution in [3.63, 3.8) is 0 Å². The van der Waals surface area contributed by atoms with Crippen LogP contribution in [0.4, 0.5) is 0 Å². The molecule has 1 aromatic heterocycles. The number of carbonyl (C=O) groups is 1. The van der Waals surface area contributed by atoms with Gasteiger partial charge >= 0.3 is 11.7 Å². The van der Waals surface area contributed by atoms with Gasteiger partial charge in [-0.05, 0) is 5.92 Å². The fourth-order valence-corrected chi connectivity index (χ4v) is 1.55. The molecule has 6 heteroatoms. The minimum absolute atomic E-state index is 0.132. The number of rotatable bonds is 3. The summed E-state index contributed by atoms with van der Waals surface area (Å²) < 4.78 is 2.25. The summed E-state index contributed by atoms with van der Waals surface area (Å²) in [6.45, 7) is 1.65. The molecule has 0 unspecified atom stereocenters. The number of aryl methyl sites for hydroxylation is 1. The molecular formula is C10H14N2O4. The number of nitrogens with zero attached hydrogens (tertiary/aromatic N) is 2. The van der Waals surface area contributed by atoms with Crippen molar-refractivity contribution in [1.82, 2.24) is 9.13 Å². The number of aliphatic carboxylic acids is 1. The Kier molecular flexibility index (Phi) is 3.31. The molecule has 0 fully saturated rings.